The minimum atomic E-state index is -0.373. The van der Waals surface area contributed by atoms with Crippen LogP contribution < -0.4 is 0 Å². The molecule has 0 radical (unpaired) electrons. The van der Waals surface area contributed by atoms with Crippen molar-refractivity contribution in [2.45, 2.75) is 62.7 Å². The van der Waals surface area contributed by atoms with Gasteiger partial charge in [0, 0.05) is 26.3 Å². The Kier molecular flexibility index (Phi) is 4.60. The van der Waals surface area contributed by atoms with Gasteiger partial charge in [0.15, 0.2) is 5.17 Å². The van der Waals surface area contributed by atoms with Crippen molar-refractivity contribution in [3.05, 3.63) is 0 Å². The van der Waals surface area contributed by atoms with Crippen LogP contribution in [0.1, 0.15) is 51.9 Å². The minimum Gasteiger partial charge on any atom is -0.381 e. The fourth-order valence-electron chi connectivity index (χ4n) is 3.74. The van der Waals surface area contributed by atoms with Crippen LogP contribution in [0.2, 0.25) is 0 Å². The highest BCUT2D eigenvalue weighted by Gasteiger charge is 2.48. The third-order valence-corrected chi connectivity index (χ3v) is 6.84. The highest BCUT2D eigenvalue weighted by molar-refractivity contribution is 8.16. The maximum Gasteiger partial charge on any atom is 0.264 e. The topological polar surface area (TPSA) is 41.9 Å². The predicted molar refractivity (Wildman–Crippen MR) is 86.6 cm³/mol. The number of hydrogen-bond acceptors (Lipinski definition) is 4. The number of thioether (sulfide) groups is 1. The third kappa shape index (κ3) is 3.00. The Balaban J connectivity index is 1.68. The van der Waals surface area contributed by atoms with E-state index < -0.39 is 0 Å². The monoisotopic (exact) mass is 310 g/mol. The SMILES string of the molecule is CN(C1=NC(=O)C(C)(C2CCOCC2)S1)C1CCCCC1. The highest BCUT2D eigenvalue weighted by atomic mass is 32.2. The first-order chi connectivity index (χ1) is 10.1. The van der Waals surface area contributed by atoms with E-state index in [0.29, 0.717) is 12.0 Å². The van der Waals surface area contributed by atoms with E-state index in [2.05, 4.69) is 23.9 Å². The molecule has 0 bridgehead atoms. The molecule has 0 spiro atoms. The summed E-state index contributed by atoms with van der Waals surface area (Å²) in [6, 6.07) is 0.565. The lowest BCUT2D eigenvalue weighted by atomic mass is 9.86. The van der Waals surface area contributed by atoms with Gasteiger partial charge in [-0.15, -0.1) is 0 Å². The molecular weight excluding hydrogens is 284 g/mol. The third-order valence-electron chi connectivity index (χ3n) is 5.35. The van der Waals surface area contributed by atoms with Gasteiger partial charge in [0.25, 0.3) is 5.91 Å². The molecule has 5 heteroatoms. The molecule has 0 N–H and O–H groups in total. The van der Waals surface area contributed by atoms with Crippen molar-refractivity contribution in [1.82, 2.24) is 4.90 Å². The molecule has 118 valence electrons. The molecule has 0 aromatic carbocycles. The van der Waals surface area contributed by atoms with Crippen LogP contribution in [0, 0.1) is 5.92 Å². The van der Waals surface area contributed by atoms with Crippen LogP contribution >= 0.6 is 11.8 Å². The van der Waals surface area contributed by atoms with Gasteiger partial charge in [0.05, 0.1) is 0 Å². The van der Waals surface area contributed by atoms with Gasteiger partial charge in [-0.05, 0) is 38.5 Å². The Labute approximate surface area is 131 Å². The molecule has 21 heavy (non-hydrogen) atoms. The van der Waals surface area contributed by atoms with E-state index >= 15 is 0 Å². The van der Waals surface area contributed by atoms with Gasteiger partial charge in [0.1, 0.15) is 4.75 Å². The van der Waals surface area contributed by atoms with Crippen LogP contribution in [0.15, 0.2) is 4.99 Å². The summed E-state index contributed by atoms with van der Waals surface area (Å²) in [5.41, 5.74) is 0. The Morgan fingerprint density at radius 3 is 2.52 bits per heavy atom. The average Bonchev–Trinajstić information content (AvgIpc) is 2.85. The Hall–Kier alpha value is -0.550. The lowest BCUT2D eigenvalue weighted by molar-refractivity contribution is -0.121. The summed E-state index contributed by atoms with van der Waals surface area (Å²) in [6.07, 6.45) is 8.38. The summed E-state index contributed by atoms with van der Waals surface area (Å²) in [5.74, 6) is 0.460. The highest BCUT2D eigenvalue weighted by Crippen LogP contribution is 2.45. The number of rotatable bonds is 2. The lowest BCUT2D eigenvalue weighted by Crippen LogP contribution is -2.41. The first-order valence-electron chi connectivity index (χ1n) is 8.24. The number of hydrogen-bond donors (Lipinski definition) is 0. The van der Waals surface area contributed by atoms with E-state index in [1.165, 1.54) is 32.1 Å². The first kappa shape index (κ1) is 15.3. The van der Waals surface area contributed by atoms with E-state index in [-0.39, 0.29) is 10.7 Å². The van der Waals surface area contributed by atoms with E-state index in [1.807, 2.05) is 0 Å². The van der Waals surface area contributed by atoms with Crippen molar-refractivity contribution in [1.29, 1.82) is 0 Å². The second-order valence-electron chi connectivity index (χ2n) is 6.70. The molecule has 1 unspecified atom stereocenters. The van der Waals surface area contributed by atoms with Crippen LogP contribution in [0.25, 0.3) is 0 Å². The molecular formula is C16H26N2O2S. The van der Waals surface area contributed by atoms with E-state index in [0.717, 1.165) is 31.2 Å². The number of amidine groups is 1. The fraction of sp³-hybridized carbons (Fsp3) is 0.875. The van der Waals surface area contributed by atoms with Gasteiger partial charge in [-0.1, -0.05) is 31.0 Å². The number of carbonyl (C=O) groups is 1. The smallest absolute Gasteiger partial charge is 0.264 e. The molecule has 1 atom stereocenters. The van der Waals surface area contributed by atoms with Gasteiger partial charge in [-0.3, -0.25) is 4.79 Å². The van der Waals surface area contributed by atoms with Gasteiger partial charge in [-0.25, -0.2) is 0 Å². The van der Waals surface area contributed by atoms with E-state index in [4.69, 9.17) is 4.74 Å². The Morgan fingerprint density at radius 2 is 1.86 bits per heavy atom. The summed E-state index contributed by atoms with van der Waals surface area (Å²) >= 11 is 1.70. The molecule has 0 aromatic heterocycles. The van der Waals surface area contributed by atoms with Crippen molar-refractivity contribution in [2.75, 3.05) is 20.3 Å². The largest absolute Gasteiger partial charge is 0.381 e. The zero-order valence-electron chi connectivity index (χ0n) is 13.1. The normalized spacial score (nSPS) is 32.3. The standard InChI is InChI=1S/C16H26N2O2S/c1-16(12-8-10-20-11-9-12)14(19)17-15(21-16)18(2)13-6-4-3-5-7-13/h12-13H,3-11H2,1-2H3. The van der Waals surface area contributed by atoms with Gasteiger partial charge < -0.3 is 9.64 Å². The maximum atomic E-state index is 12.5. The van der Waals surface area contributed by atoms with Gasteiger partial charge >= 0.3 is 0 Å². The minimum absolute atomic E-state index is 0.0667. The zero-order chi connectivity index (χ0) is 14.9. The van der Waals surface area contributed by atoms with E-state index in [1.54, 1.807) is 11.8 Å². The molecule has 2 fully saturated rings. The Bertz CT molecular complexity index is 428. The van der Waals surface area contributed by atoms with Crippen LogP contribution in [-0.2, 0) is 9.53 Å². The summed E-state index contributed by atoms with van der Waals surface area (Å²) in [4.78, 5) is 19.2. The fourth-order valence-corrected chi connectivity index (χ4v) is 5.07. The average molecular weight is 310 g/mol. The molecule has 1 saturated carbocycles. The van der Waals surface area contributed by atoms with Crippen molar-refractivity contribution in [3.63, 3.8) is 0 Å². The summed E-state index contributed by atoms with van der Waals surface area (Å²) in [5, 5.41) is 0.945. The maximum absolute atomic E-state index is 12.5. The van der Waals surface area contributed by atoms with Crippen LogP contribution in [0.5, 0.6) is 0 Å². The molecule has 3 rings (SSSR count). The number of ether oxygens (including phenoxy) is 1. The first-order valence-corrected chi connectivity index (χ1v) is 9.05. The van der Waals surface area contributed by atoms with Crippen LogP contribution in [0.3, 0.4) is 0 Å². The molecule has 1 aliphatic carbocycles. The van der Waals surface area contributed by atoms with E-state index in [9.17, 15) is 4.79 Å². The van der Waals surface area contributed by atoms with Crippen LogP contribution in [0.4, 0.5) is 0 Å². The predicted octanol–water partition coefficient (Wildman–Crippen LogP) is 3.07. The second-order valence-corrected chi connectivity index (χ2v) is 8.12. The summed E-state index contributed by atoms with van der Waals surface area (Å²) in [7, 11) is 2.12. The molecule has 2 heterocycles. The van der Waals surface area contributed by atoms with Crippen molar-refractivity contribution < 1.29 is 9.53 Å². The summed E-state index contributed by atoms with van der Waals surface area (Å²) < 4.78 is 5.07. The molecule has 0 aromatic rings. The van der Waals surface area contributed by atoms with Crippen molar-refractivity contribution >= 4 is 22.8 Å². The molecule has 3 aliphatic rings. The molecule has 2 aliphatic heterocycles. The zero-order valence-corrected chi connectivity index (χ0v) is 14.0. The van der Waals surface area contributed by atoms with Gasteiger partial charge in [0.2, 0.25) is 0 Å². The molecule has 1 saturated heterocycles. The Morgan fingerprint density at radius 1 is 1.19 bits per heavy atom. The molecule has 1 amide bonds. The van der Waals surface area contributed by atoms with Crippen molar-refractivity contribution in [3.8, 4) is 0 Å². The van der Waals surface area contributed by atoms with Gasteiger partial charge in [-0.2, -0.15) is 4.99 Å². The second kappa shape index (κ2) is 6.29. The number of amides is 1. The summed E-state index contributed by atoms with van der Waals surface area (Å²) in [6.45, 7) is 3.64. The number of carbonyl (C=O) groups excluding carboxylic acids is 1. The number of aliphatic imine (C=N–C) groups is 1. The van der Waals surface area contributed by atoms with Crippen molar-refractivity contribution in [2.24, 2.45) is 10.9 Å². The quantitative estimate of drug-likeness (QED) is 0.786. The molecule has 4 nitrogen and oxygen atoms in total. The van der Waals surface area contributed by atoms with Crippen LogP contribution in [-0.4, -0.2) is 47.0 Å². The number of nitrogens with zero attached hydrogens (tertiary/aromatic N) is 2. The lowest BCUT2D eigenvalue weighted by Gasteiger charge is -2.36.